The summed E-state index contributed by atoms with van der Waals surface area (Å²) in [6.45, 7) is 0.645. The third-order valence-electron chi connectivity index (χ3n) is 3.08. The van der Waals surface area contributed by atoms with Crippen molar-refractivity contribution in [3.8, 4) is 11.5 Å². The Bertz CT molecular complexity index is 569. The zero-order chi connectivity index (χ0) is 14.4. The SMILES string of the molecule is COc1cccc(CNc2ccc(OC)c(CO)c2)c1. The number of ether oxygens (including phenoxy) is 2. The Morgan fingerprint density at radius 2 is 1.90 bits per heavy atom. The van der Waals surface area contributed by atoms with Crippen molar-refractivity contribution >= 4 is 5.69 Å². The number of benzene rings is 2. The van der Waals surface area contributed by atoms with Gasteiger partial charge in [0, 0.05) is 17.8 Å². The zero-order valence-corrected chi connectivity index (χ0v) is 11.7. The quantitative estimate of drug-likeness (QED) is 0.849. The molecule has 0 spiro atoms. The van der Waals surface area contributed by atoms with Crippen LogP contribution in [0.25, 0.3) is 0 Å². The molecule has 0 heterocycles. The lowest BCUT2D eigenvalue weighted by Gasteiger charge is -2.11. The van der Waals surface area contributed by atoms with Gasteiger partial charge in [-0.05, 0) is 35.9 Å². The first-order valence-corrected chi connectivity index (χ1v) is 6.41. The summed E-state index contributed by atoms with van der Waals surface area (Å²) in [5.74, 6) is 1.54. The molecule has 106 valence electrons. The van der Waals surface area contributed by atoms with E-state index >= 15 is 0 Å². The van der Waals surface area contributed by atoms with E-state index in [-0.39, 0.29) is 6.61 Å². The van der Waals surface area contributed by atoms with Crippen molar-refractivity contribution in [3.63, 3.8) is 0 Å². The van der Waals surface area contributed by atoms with Gasteiger partial charge in [0.1, 0.15) is 11.5 Å². The van der Waals surface area contributed by atoms with Gasteiger partial charge >= 0.3 is 0 Å². The van der Waals surface area contributed by atoms with Crippen LogP contribution in [0.1, 0.15) is 11.1 Å². The minimum absolute atomic E-state index is 0.0438. The first-order chi connectivity index (χ1) is 9.76. The first kappa shape index (κ1) is 14.2. The van der Waals surface area contributed by atoms with Gasteiger partial charge < -0.3 is 19.9 Å². The van der Waals surface area contributed by atoms with Crippen LogP contribution in [0.4, 0.5) is 5.69 Å². The molecule has 2 rings (SSSR count). The molecular formula is C16H19NO3. The molecule has 0 aliphatic rings. The minimum atomic E-state index is -0.0438. The van der Waals surface area contributed by atoms with Gasteiger partial charge in [0.25, 0.3) is 0 Å². The highest BCUT2D eigenvalue weighted by Gasteiger charge is 2.03. The summed E-state index contributed by atoms with van der Waals surface area (Å²) in [5, 5.41) is 12.6. The summed E-state index contributed by atoms with van der Waals surface area (Å²) >= 11 is 0. The Balaban J connectivity index is 2.06. The molecule has 2 aromatic carbocycles. The molecule has 20 heavy (non-hydrogen) atoms. The summed E-state index contributed by atoms with van der Waals surface area (Å²) < 4.78 is 10.4. The van der Waals surface area contributed by atoms with E-state index < -0.39 is 0 Å². The normalized spacial score (nSPS) is 10.2. The third kappa shape index (κ3) is 3.42. The van der Waals surface area contributed by atoms with Gasteiger partial charge in [-0.15, -0.1) is 0 Å². The number of hydrogen-bond acceptors (Lipinski definition) is 4. The predicted octanol–water partition coefficient (Wildman–Crippen LogP) is 2.81. The lowest BCUT2D eigenvalue weighted by atomic mass is 10.1. The lowest BCUT2D eigenvalue weighted by molar-refractivity contribution is 0.274. The Kier molecular flexibility index (Phi) is 4.85. The largest absolute Gasteiger partial charge is 0.497 e. The molecular weight excluding hydrogens is 254 g/mol. The molecule has 0 saturated heterocycles. The highest BCUT2D eigenvalue weighted by molar-refractivity contribution is 5.51. The van der Waals surface area contributed by atoms with Gasteiger partial charge in [0.05, 0.1) is 20.8 Å². The molecule has 0 aromatic heterocycles. The van der Waals surface area contributed by atoms with Gasteiger partial charge in [0.2, 0.25) is 0 Å². The molecule has 2 aromatic rings. The Morgan fingerprint density at radius 1 is 1.05 bits per heavy atom. The first-order valence-electron chi connectivity index (χ1n) is 6.41. The van der Waals surface area contributed by atoms with Crippen LogP contribution in [0.15, 0.2) is 42.5 Å². The fraction of sp³-hybridized carbons (Fsp3) is 0.250. The highest BCUT2D eigenvalue weighted by Crippen LogP contribution is 2.23. The van der Waals surface area contributed by atoms with Gasteiger partial charge in [-0.2, -0.15) is 0 Å². The van der Waals surface area contributed by atoms with E-state index in [4.69, 9.17) is 9.47 Å². The van der Waals surface area contributed by atoms with Crippen LogP contribution in [0.5, 0.6) is 11.5 Å². The molecule has 0 fully saturated rings. The Morgan fingerprint density at radius 3 is 2.60 bits per heavy atom. The van der Waals surface area contributed by atoms with Gasteiger partial charge in [-0.3, -0.25) is 0 Å². The van der Waals surface area contributed by atoms with Gasteiger partial charge in [-0.1, -0.05) is 12.1 Å². The van der Waals surface area contributed by atoms with Gasteiger partial charge in [0.15, 0.2) is 0 Å². The number of methoxy groups -OCH3 is 2. The molecule has 0 aliphatic heterocycles. The smallest absolute Gasteiger partial charge is 0.124 e. The Labute approximate surface area is 119 Å². The molecule has 0 bridgehead atoms. The molecule has 4 heteroatoms. The van der Waals surface area contributed by atoms with Crippen molar-refractivity contribution < 1.29 is 14.6 Å². The molecule has 0 unspecified atom stereocenters. The number of aliphatic hydroxyl groups excluding tert-OH is 1. The van der Waals surface area contributed by atoms with Gasteiger partial charge in [-0.25, -0.2) is 0 Å². The molecule has 0 atom stereocenters. The van der Waals surface area contributed by atoms with E-state index in [1.807, 2.05) is 42.5 Å². The van der Waals surface area contributed by atoms with Crippen LogP contribution < -0.4 is 14.8 Å². The maximum atomic E-state index is 9.30. The maximum absolute atomic E-state index is 9.30. The second-order valence-electron chi connectivity index (χ2n) is 4.39. The third-order valence-corrected chi connectivity index (χ3v) is 3.08. The summed E-state index contributed by atoms with van der Waals surface area (Å²) in [4.78, 5) is 0. The van der Waals surface area contributed by atoms with Crippen molar-refractivity contribution in [3.05, 3.63) is 53.6 Å². The van der Waals surface area contributed by atoms with Crippen LogP contribution >= 0.6 is 0 Å². The Hall–Kier alpha value is -2.20. The monoisotopic (exact) mass is 273 g/mol. The van der Waals surface area contributed by atoms with Crippen molar-refractivity contribution in [1.29, 1.82) is 0 Å². The van der Waals surface area contributed by atoms with E-state index in [9.17, 15) is 5.11 Å². The zero-order valence-electron chi connectivity index (χ0n) is 11.7. The number of hydrogen-bond donors (Lipinski definition) is 2. The fourth-order valence-electron chi connectivity index (χ4n) is 2.00. The van der Waals surface area contributed by atoms with E-state index in [0.717, 1.165) is 22.6 Å². The molecule has 2 N–H and O–H groups in total. The van der Waals surface area contributed by atoms with Crippen molar-refractivity contribution in [2.75, 3.05) is 19.5 Å². The summed E-state index contributed by atoms with van der Waals surface area (Å²) in [5.41, 5.74) is 2.84. The van der Waals surface area contributed by atoms with Crippen LogP contribution in [-0.2, 0) is 13.2 Å². The highest BCUT2D eigenvalue weighted by atomic mass is 16.5. The van der Waals surface area contributed by atoms with E-state index in [0.29, 0.717) is 12.3 Å². The standard InChI is InChI=1S/C16H19NO3/c1-19-15-5-3-4-12(8-15)10-17-14-6-7-16(20-2)13(9-14)11-18/h3-9,17-18H,10-11H2,1-2H3. The second-order valence-corrected chi connectivity index (χ2v) is 4.39. The van der Waals surface area contributed by atoms with E-state index in [1.54, 1.807) is 14.2 Å². The molecule has 4 nitrogen and oxygen atoms in total. The van der Waals surface area contributed by atoms with Crippen LogP contribution in [0, 0.1) is 0 Å². The molecule has 0 saturated carbocycles. The van der Waals surface area contributed by atoms with E-state index in [2.05, 4.69) is 5.32 Å². The second kappa shape index (κ2) is 6.82. The maximum Gasteiger partial charge on any atom is 0.124 e. The fourth-order valence-corrected chi connectivity index (χ4v) is 2.00. The molecule has 0 amide bonds. The molecule has 0 radical (unpaired) electrons. The van der Waals surface area contributed by atoms with Crippen LogP contribution in [0.2, 0.25) is 0 Å². The van der Waals surface area contributed by atoms with Crippen LogP contribution in [0.3, 0.4) is 0 Å². The summed E-state index contributed by atoms with van der Waals surface area (Å²) in [7, 11) is 3.25. The van der Waals surface area contributed by atoms with E-state index in [1.165, 1.54) is 0 Å². The number of rotatable bonds is 6. The molecule has 0 aliphatic carbocycles. The van der Waals surface area contributed by atoms with Crippen LogP contribution in [-0.4, -0.2) is 19.3 Å². The summed E-state index contributed by atoms with van der Waals surface area (Å²) in [6.07, 6.45) is 0. The van der Waals surface area contributed by atoms with Crippen molar-refractivity contribution in [2.45, 2.75) is 13.2 Å². The lowest BCUT2D eigenvalue weighted by Crippen LogP contribution is -2.01. The minimum Gasteiger partial charge on any atom is -0.497 e. The summed E-state index contributed by atoms with van der Waals surface area (Å²) in [6, 6.07) is 13.6. The number of nitrogens with one attached hydrogen (secondary N) is 1. The van der Waals surface area contributed by atoms with Crippen molar-refractivity contribution in [1.82, 2.24) is 0 Å². The number of aliphatic hydroxyl groups is 1. The topological polar surface area (TPSA) is 50.7 Å². The predicted molar refractivity (Wildman–Crippen MR) is 79.2 cm³/mol. The average Bonchev–Trinajstić information content (AvgIpc) is 2.52. The average molecular weight is 273 g/mol. The number of anilines is 1. The van der Waals surface area contributed by atoms with Crippen molar-refractivity contribution in [2.24, 2.45) is 0 Å².